The first-order chi connectivity index (χ1) is 17.2. The van der Waals surface area contributed by atoms with Crippen molar-refractivity contribution in [2.45, 2.75) is 16.7 Å². The predicted molar refractivity (Wildman–Crippen MR) is 132 cm³/mol. The van der Waals surface area contributed by atoms with Crippen molar-refractivity contribution in [2.24, 2.45) is 10.2 Å². The maximum absolute atomic E-state index is 12.9. The number of sulfone groups is 1. The van der Waals surface area contributed by atoms with Crippen molar-refractivity contribution >= 4 is 37.3 Å². The van der Waals surface area contributed by atoms with E-state index < -0.39 is 68.5 Å². The molecule has 4 N–H and O–H groups in total. The van der Waals surface area contributed by atoms with Gasteiger partial charge in [-0.25, -0.2) is 13.2 Å². The molecule has 0 saturated heterocycles. The first-order valence-electron chi connectivity index (χ1n) is 10.0. The molecule has 37 heavy (non-hydrogen) atoms. The number of rotatable bonds is 8. The molecule has 0 aliphatic carbocycles. The molecule has 0 aliphatic heterocycles. The van der Waals surface area contributed by atoms with Crippen LogP contribution >= 0.6 is 0 Å². The van der Waals surface area contributed by atoms with Crippen LogP contribution in [-0.4, -0.2) is 32.5 Å². The third-order valence-corrected chi connectivity index (χ3v) is 7.08. The molecule has 0 heterocycles. The second kappa shape index (κ2) is 10.3. The average molecular weight is 547 g/mol. The van der Waals surface area contributed by atoms with Gasteiger partial charge >= 0.3 is 5.97 Å². The number of carbonyl (C=O) groups is 1. The Kier molecular flexibility index (Phi) is 7.52. The van der Waals surface area contributed by atoms with E-state index in [1.165, 1.54) is 0 Å². The zero-order chi connectivity index (χ0) is 27.5. The molecule has 0 aromatic heterocycles. The normalized spacial score (nSPS) is 12.8. The van der Waals surface area contributed by atoms with Gasteiger partial charge in [0.05, 0.1) is 21.8 Å². The highest BCUT2D eigenvalue weighted by Crippen LogP contribution is 2.25. The summed E-state index contributed by atoms with van der Waals surface area (Å²) in [4.78, 5) is 35.5. The summed E-state index contributed by atoms with van der Waals surface area (Å²) in [7, 11) is -9.07. The minimum atomic E-state index is -5.00. The van der Waals surface area contributed by atoms with Crippen LogP contribution in [0.25, 0.3) is 0 Å². The van der Waals surface area contributed by atoms with Gasteiger partial charge in [0.25, 0.3) is 10.1 Å². The number of hydrogen-bond donors (Lipinski definition) is 4. The number of nitrogens with zero attached hydrogens (tertiary/aromatic N) is 2. The molecule has 0 aliphatic rings. The lowest BCUT2D eigenvalue weighted by atomic mass is 10.2. The fourth-order valence-electron chi connectivity index (χ4n) is 2.94. The second-order valence-corrected chi connectivity index (χ2v) is 10.7. The fourth-order valence-corrected chi connectivity index (χ4v) is 4.41. The van der Waals surface area contributed by atoms with Crippen molar-refractivity contribution in [2.75, 3.05) is 10.9 Å². The molecule has 3 aromatic rings. The van der Waals surface area contributed by atoms with Gasteiger partial charge in [0.2, 0.25) is 10.9 Å². The number of aryl methyl sites for hydroxylation is 1. The first kappa shape index (κ1) is 27.1. The molecule has 0 bridgehead atoms. The van der Waals surface area contributed by atoms with Crippen molar-refractivity contribution in [3.63, 3.8) is 0 Å². The Labute approximate surface area is 209 Å². The number of carboxylic acid groups (broad SMARTS) is 1. The fraction of sp³-hybridized carbons (Fsp3) is 0.0455. The lowest BCUT2D eigenvalue weighted by molar-refractivity contribution is 0.0694. The van der Waals surface area contributed by atoms with E-state index in [-0.39, 0.29) is 0 Å². The van der Waals surface area contributed by atoms with Gasteiger partial charge < -0.3 is 5.11 Å². The predicted octanol–water partition coefficient (Wildman–Crippen LogP) is 0.309. The monoisotopic (exact) mass is 546 g/mol. The van der Waals surface area contributed by atoms with Crippen molar-refractivity contribution < 1.29 is 31.3 Å². The van der Waals surface area contributed by atoms with Crippen LogP contribution in [0.1, 0.15) is 15.9 Å². The minimum Gasteiger partial charge on any atom is -0.478 e. The molecule has 0 unspecified atom stereocenters. The van der Waals surface area contributed by atoms with Crippen LogP contribution < -0.4 is 32.4 Å². The lowest BCUT2D eigenvalue weighted by Crippen LogP contribution is -2.50. The van der Waals surface area contributed by atoms with Gasteiger partial charge in [-0.1, -0.05) is 24.3 Å². The van der Waals surface area contributed by atoms with Crippen molar-refractivity contribution in [3.05, 3.63) is 103 Å². The van der Waals surface area contributed by atoms with E-state index in [4.69, 9.17) is 0 Å². The van der Waals surface area contributed by atoms with E-state index >= 15 is 0 Å². The van der Waals surface area contributed by atoms with Gasteiger partial charge in [-0.05, 0) is 37.3 Å². The number of anilines is 2. The Bertz CT molecular complexity index is 1860. The summed E-state index contributed by atoms with van der Waals surface area (Å²) in [6.07, 6.45) is 0. The Balaban J connectivity index is 2.18. The quantitative estimate of drug-likeness (QED) is 0.223. The topological polar surface area (TPSA) is 209 Å². The SMILES string of the molecule is C=CS(=O)(=O)c1ccc(N/N=c2\c(=O)cc(C(=O)O)/c(=N/Nc3ccc(C)cc3)c2=O)c(S(=O)(=O)O)c1. The molecule has 0 saturated carbocycles. The third-order valence-electron chi connectivity index (χ3n) is 4.84. The number of hydrogen-bond acceptors (Lipinski definition) is 11. The highest BCUT2D eigenvalue weighted by atomic mass is 32.2. The van der Waals surface area contributed by atoms with Crippen LogP contribution in [0.2, 0.25) is 0 Å². The van der Waals surface area contributed by atoms with E-state index in [1.54, 1.807) is 24.3 Å². The number of benzene rings is 3. The molecule has 3 aromatic carbocycles. The molecule has 0 radical (unpaired) electrons. The summed E-state index contributed by atoms with van der Waals surface area (Å²) in [5, 5.41) is 15.9. The van der Waals surface area contributed by atoms with Crippen LogP contribution in [-0.2, 0) is 20.0 Å². The number of nitrogens with one attached hydrogen (secondary N) is 2. The minimum absolute atomic E-state index is 0.413. The van der Waals surface area contributed by atoms with Crippen LogP contribution in [0.3, 0.4) is 0 Å². The molecule has 13 nitrogen and oxygen atoms in total. The lowest BCUT2D eigenvalue weighted by Gasteiger charge is -2.08. The van der Waals surface area contributed by atoms with Crippen LogP contribution in [0.4, 0.5) is 11.4 Å². The Hall–Kier alpha value is -4.47. The molecule has 15 heteroatoms. The summed E-state index contributed by atoms with van der Waals surface area (Å²) in [5.41, 5.74) is 2.49. The maximum Gasteiger partial charge on any atom is 0.338 e. The largest absolute Gasteiger partial charge is 0.478 e. The molecule has 192 valence electrons. The van der Waals surface area contributed by atoms with Gasteiger partial charge in [-0.3, -0.25) is 25.0 Å². The van der Waals surface area contributed by atoms with Gasteiger partial charge in [-0.15, -0.1) is 0 Å². The number of carboxylic acids is 1. The smallest absolute Gasteiger partial charge is 0.338 e. The zero-order valence-corrected chi connectivity index (χ0v) is 20.5. The van der Waals surface area contributed by atoms with Crippen molar-refractivity contribution in [1.82, 2.24) is 0 Å². The highest BCUT2D eigenvalue weighted by Gasteiger charge is 2.21. The standard InChI is InChI=1S/C22H18N4O9S2/c1-3-36(31,32)14-8-9-16(18(10-14)37(33,34)35)24-26-20-17(27)11-15(22(29)30)19(21(20)28)25-23-13-6-4-12(2)5-7-13/h3-11,23-24H,1H2,2H3,(H,29,30)(H,33,34,35)/b25-19-,26-20+. The zero-order valence-electron chi connectivity index (χ0n) is 18.9. The van der Waals surface area contributed by atoms with Gasteiger partial charge in [0.1, 0.15) is 10.3 Å². The van der Waals surface area contributed by atoms with E-state index in [0.717, 1.165) is 17.7 Å². The van der Waals surface area contributed by atoms with Crippen LogP contribution in [0, 0.1) is 6.92 Å². The summed E-state index contributed by atoms with van der Waals surface area (Å²) in [5.74, 6) is -1.61. The van der Waals surface area contributed by atoms with Crippen molar-refractivity contribution in [3.8, 4) is 0 Å². The van der Waals surface area contributed by atoms with Crippen LogP contribution in [0.5, 0.6) is 0 Å². The summed E-state index contributed by atoms with van der Waals surface area (Å²) in [6, 6.07) is 9.84. The van der Waals surface area contributed by atoms with Gasteiger partial charge in [0, 0.05) is 11.5 Å². The average Bonchev–Trinajstić information content (AvgIpc) is 2.83. The number of aromatic carboxylic acids is 1. The summed E-state index contributed by atoms with van der Waals surface area (Å²) < 4.78 is 57.1. The van der Waals surface area contributed by atoms with E-state index in [0.29, 0.717) is 23.2 Å². The molecular weight excluding hydrogens is 528 g/mol. The highest BCUT2D eigenvalue weighted by molar-refractivity contribution is 7.94. The van der Waals surface area contributed by atoms with E-state index in [9.17, 15) is 40.9 Å². The van der Waals surface area contributed by atoms with Crippen molar-refractivity contribution in [1.29, 1.82) is 0 Å². The first-order valence-corrected chi connectivity index (χ1v) is 13.0. The molecule has 0 atom stereocenters. The molecular formula is C22H18N4O9S2. The van der Waals surface area contributed by atoms with Gasteiger partial charge in [-0.2, -0.15) is 18.6 Å². The summed E-state index contributed by atoms with van der Waals surface area (Å²) >= 11 is 0. The van der Waals surface area contributed by atoms with E-state index in [2.05, 4.69) is 27.6 Å². The summed E-state index contributed by atoms with van der Waals surface area (Å²) in [6.45, 7) is 4.96. The third kappa shape index (κ3) is 6.03. The molecule has 0 fully saturated rings. The Morgan fingerprint density at radius 2 is 1.57 bits per heavy atom. The molecule has 3 rings (SSSR count). The molecule has 0 amide bonds. The Morgan fingerprint density at radius 1 is 0.946 bits per heavy atom. The van der Waals surface area contributed by atoms with Crippen LogP contribution in [0.15, 0.2) is 90.1 Å². The van der Waals surface area contributed by atoms with E-state index in [1.807, 2.05) is 6.92 Å². The second-order valence-electron chi connectivity index (χ2n) is 7.41. The molecule has 0 spiro atoms. The maximum atomic E-state index is 12.9. The Morgan fingerprint density at radius 3 is 2.14 bits per heavy atom. The van der Waals surface area contributed by atoms with Gasteiger partial charge in [0.15, 0.2) is 15.2 Å².